The standard InChI is InChI=1S/C7H9N3/c8-10-5-3-7-2-1-4-9(7)6-10/h1-5H,6,8H2. The second kappa shape index (κ2) is 1.88. The van der Waals surface area contributed by atoms with Crippen LogP contribution in [-0.2, 0) is 6.67 Å². The lowest BCUT2D eigenvalue weighted by atomic mass is 10.4. The summed E-state index contributed by atoms with van der Waals surface area (Å²) in [7, 11) is 0. The highest BCUT2D eigenvalue weighted by molar-refractivity contribution is 5.46. The molecule has 0 spiro atoms. The summed E-state index contributed by atoms with van der Waals surface area (Å²) in [6, 6.07) is 4.07. The van der Waals surface area contributed by atoms with Crippen LogP contribution >= 0.6 is 0 Å². The van der Waals surface area contributed by atoms with Gasteiger partial charge in [0.05, 0.1) is 0 Å². The molecule has 1 aliphatic heterocycles. The molecule has 1 aromatic heterocycles. The van der Waals surface area contributed by atoms with Gasteiger partial charge in [-0.25, -0.2) is 5.84 Å². The van der Waals surface area contributed by atoms with Crippen LogP contribution in [0.2, 0.25) is 0 Å². The van der Waals surface area contributed by atoms with Crippen LogP contribution < -0.4 is 5.84 Å². The molecule has 0 saturated heterocycles. The van der Waals surface area contributed by atoms with E-state index in [9.17, 15) is 0 Å². The van der Waals surface area contributed by atoms with Gasteiger partial charge >= 0.3 is 0 Å². The fraction of sp³-hybridized carbons (Fsp3) is 0.143. The minimum atomic E-state index is 0.749. The third-order valence-corrected chi connectivity index (χ3v) is 1.62. The predicted molar refractivity (Wildman–Crippen MR) is 39.5 cm³/mol. The Balaban J connectivity index is 2.43. The molecule has 0 aromatic carbocycles. The van der Waals surface area contributed by atoms with Gasteiger partial charge in [0.25, 0.3) is 0 Å². The SMILES string of the molecule is NN1C=Cc2cccn2C1. The van der Waals surface area contributed by atoms with E-state index in [0.717, 1.165) is 6.67 Å². The average molecular weight is 135 g/mol. The number of hydrogen-bond donors (Lipinski definition) is 1. The largest absolute Gasteiger partial charge is 0.328 e. The van der Waals surface area contributed by atoms with Crippen LogP contribution in [0.4, 0.5) is 0 Å². The highest BCUT2D eigenvalue weighted by Gasteiger charge is 2.03. The van der Waals surface area contributed by atoms with Crippen LogP contribution in [-0.4, -0.2) is 9.58 Å². The van der Waals surface area contributed by atoms with E-state index >= 15 is 0 Å². The van der Waals surface area contributed by atoms with E-state index in [0.29, 0.717) is 0 Å². The van der Waals surface area contributed by atoms with E-state index in [2.05, 4.69) is 10.6 Å². The predicted octanol–water partition coefficient (Wildman–Crippen LogP) is 0.606. The molecule has 0 bridgehead atoms. The van der Waals surface area contributed by atoms with E-state index < -0.39 is 0 Å². The van der Waals surface area contributed by atoms with E-state index in [1.807, 2.05) is 24.5 Å². The molecule has 0 fully saturated rings. The van der Waals surface area contributed by atoms with Crippen LogP contribution in [0.5, 0.6) is 0 Å². The van der Waals surface area contributed by atoms with Crippen molar-refractivity contribution in [2.75, 3.05) is 0 Å². The molecule has 1 aromatic rings. The fourth-order valence-electron chi connectivity index (χ4n) is 1.10. The first-order valence-electron chi connectivity index (χ1n) is 3.21. The Hall–Kier alpha value is -1.22. The van der Waals surface area contributed by atoms with Crippen molar-refractivity contribution in [2.45, 2.75) is 6.67 Å². The number of fused-ring (bicyclic) bond motifs is 1. The first-order valence-corrected chi connectivity index (χ1v) is 3.21. The van der Waals surface area contributed by atoms with Crippen LogP contribution in [0.15, 0.2) is 24.5 Å². The van der Waals surface area contributed by atoms with E-state index in [1.54, 1.807) is 5.01 Å². The fourth-order valence-corrected chi connectivity index (χ4v) is 1.10. The van der Waals surface area contributed by atoms with Crippen LogP contribution in [0.25, 0.3) is 6.08 Å². The molecule has 52 valence electrons. The lowest BCUT2D eigenvalue weighted by molar-refractivity contribution is 0.309. The number of rotatable bonds is 0. The normalized spacial score (nSPS) is 15.5. The summed E-state index contributed by atoms with van der Waals surface area (Å²) >= 11 is 0. The maximum atomic E-state index is 5.53. The summed E-state index contributed by atoms with van der Waals surface area (Å²) < 4.78 is 2.08. The van der Waals surface area contributed by atoms with Crippen molar-refractivity contribution in [1.29, 1.82) is 0 Å². The number of nitrogens with two attached hydrogens (primary N) is 1. The first-order chi connectivity index (χ1) is 4.86. The Kier molecular flexibility index (Phi) is 1.05. The van der Waals surface area contributed by atoms with E-state index in [1.165, 1.54) is 5.69 Å². The molecule has 0 unspecified atom stereocenters. The van der Waals surface area contributed by atoms with Crippen molar-refractivity contribution >= 4 is 6.08 Å². The minimum Gasteiger partial charge on any atom is -0.328 e. The zero-order chi connectivity index (χ0) is 6.97. The maximum Gasteiger partial charge on any atom is 0.108 e. The Morgan fingerprint density at radius 1 is 1.50 bits per heavy atom. The Morgan fingerprint density at radius 2 is 2.40 bits per heavy atom. The number of hydrazine groups is 1. The van der Waals surface area contributed by atoms with Gasteiger partial charge in [0.2, 0.25) is 0 Å². The smallest absolute Gasteiger partial charge is 0.108 e. The maximum absolute atomic E-state index is 5.53. The molecule has 2 rings (SSSR count). The monoisotopic (exact) mass is 135 g/mol. The first kappa shape index (κ1) is 5.56. The highest BCUT2D eigenvalue weighted by atomic mass is 15.4. The molecule has 3 nitrogen and oxygen atoms in total. The summed E-state index contributed by atoms with van der Waals surface area (Å²) in [5.74, 6) is 5.53. The summed E-state index contributed by atoms with van der Waals surface area (Å²) in [6.45, 7) is 0.749. The molecule has 0 aliphatic carbocycles. The summed E-state index contributed by atoms with van der Waals surface area (Å²) in [5.41, 5.74) is 1.21. The highest BCUT2D eigenvalue weighted by Crippen LogP contribution is 2.09. The molecule has 10 heavy (non-hydrogen) atoms. The molecule has 3 heteroatoms. The van der Waals surface area contributed by atoms with Crippen molar-refractivity contribution in [2.24, 2.45) is 5.84 Å². The van der Waals surface area contributed by atoms with Gasteiger partial charge in [-0.15, -0.1) is 0 Å². The quantitative estimate of drug-likeness (QED) is 0.529. The van der Waals surface area contributed by atoms with Gasteiger partial charge in [0, 0.05) is 18.1 Å². The molecular formula is C7H9N3. The van der Waals surface area contributed by atoms with Crippen molar-refractivity contribution in [3.8, 4) is 0 Å². The van der Waals surface area contributed by atoms with Gasteiger partial charge in [0.1, 0.15) is 6.67 Å². The Morgan fingerprint density at radius 3 is 3.30 bits per heavy atom. The molecule has 0 radical (unpaired) electrons. The van der Waals surface area contributed by atoms with Gasteiger partial charge < -0.3 is 4.57 Å². The van der Waals surface area contributed by atoms with Crippen molar-refractivity contribution in [1.82, 2.24) is 9.58 Å². The van der Waals surface area contributed by atoms with Gasteiger partial charge in [0.15, 0.2) is 0 Å². The second-order valence-corrected chi connectivity index (χ2v) is 2.37. The van der Waals surface area contributed by atoms with Gasteiger partial charge in [-0.2, -0.15) is 0 Å². The summed E-state index contributed by atoms with van der Waals surface area (Å²) in [4.78, 5) is 0. The van der Waals surface area contributed by atoms with Gasteiger partial charge in [-0.1, -0.05) is 0 Å². The van der Waals surface area contributed by atoms with Gasteiger partial charge in [-0.3, -0.25) is 5.01 Å². The van der Waals surface area contributed by atoms with Crippen LogP contribution in [0.1, 0.15) is 5.69 Å². The van der Waals surface area contributed by atoms with Crippen LogP contribution in [0, 0.1) is 0 Å². The molecule has 0 atom stereocenters. The van der Waals surface area contributed by atoms with E-state index in [4.69, 9.17) is 5.84 Å². The molecule has 0 amide bonds. The van der Waals surface area contributed by atoms with Gasteiger partial charge in [-0.05, 0) is 18.2 Å². The zero-order valence-corrected chi connectivity index (χ0v) is 5.57. The number of nitrogens with zero attached hydrogens (tertiary/aromatic N) is 2. The molecule has 0 saturated carbocycles. The molecule has 2 N–H and O–H groups in total. The van der Waals surface area contributed by atoms with Crippen molar-refractivity contribution in [3.05, 3.63) is 30.2 Å². The third kappa shape index (κ3) is 0.717. The lowest BCUT2D eigenvalue weighted by Crippen LogP contribution is -2.29. The number of hydrogen-bond acceptors (Lipinski definition) is 2. The summed E-state index contributed by atoms with van der Waals surface area (Å²) in [6.07, 6.45) is 5.87. The second-order valence-electron chi connectivity index (χ2n) is 2.37. The van der Waals surface area contributed by atoms with E-state index in [-0.39, 0.29) is 0 Å². The minimum absolute atomic E-state index is 0.749. The molecular weight excluding hydrogens is 126 g/mol. The average Bonchev–Trinajstić information content (AvgIpc) is 2.33. The molecule has 2 heterocycles. The molecule has 1 aliphatic rings. The topological polar surface area (TPSA) is 34.2 Å². The Labute approximate surface area is 59.3 Å². The van der Waals surface area contributed by atoms with Crippen LogP contribution in [0.3, 0.4) is 0 Å². The zero-order valence-electron chi connectivity index (χ0n) is 5.57. The third-order valence-electron chi connectivity index (χ3n) is 1.62. The summed E-state index contributed by atoms with van der Waals surface area (Å²) in [5, 5.41) is 1.65. The van der Waals surface area contributed by atoms with Crippen molar-refractivity contribution in [3.63, 3.8) is 0 Å². The Bertz CT molecular complexity index is 262. The number of aromatic nitrogens is 1. The van der Waals surface area contributed by atoms with Crippen molar-refractivity contribution < 1.29 is 0 Å². The lowest BCUT2D eigenvalue weighted by Gasteiger charge is -2.19.